The third kappa shape index (κ3) is 9.53. The number of hydrogen-bond acceptors (Lipinski definition) is 2. The molecule has 1 atom stereocenters. The van der Waals surface area contributed by atoms with Gasteiger partial charge in [-0.1, -0.05) is 40.0 Å². The second-order valence-electron chi connectivity index (χ2n) is 4.78. The average Bonchev–Trinajstić information content (AvgIpc) is 2.28. The Morgan fingerprint density at radius 1 is 0.812 bits per heavy atom. The van der Waals surface area contributed by atoms with E-state index in [1.807, 2.05) is 0 Å². The SMILES string of the molecule is CCCCN(CCCC)CCC(S)CCC. The van der Waals surface area contributed by atoms with Gasteiger partial charge in [-0.25, -0.2) is 0 Å². The summed E-state index contributed by atoms with van der Waals surface area (Å²) in [5.41, 5.74) is 0. The maximum atomic E-state index is 4.64. The van der Waals surface area contributed by atoms with Crippen molar-refractivity contribution in [1.29, 1.82) is 0 Å². The van der Waals surface area contributed by atoms with Crippen molar-refractivity contribution in [2.75, 3.05) is 19.6 Å². The zero-order valence-electron chi connectivity index (χ0n) is 11.5. The number of thiol groups is 1. The van der Waals surface area contributed by atoms with Gasteiger partial charge in [-0.15, -0.1) is 0 Å². The van der Waals surface area contributed by atoms with Gasteiger partial charge in [0.1, 0.15) is 0 Å². The molecular weight excluding hydrogens is 214 g/mol. The minimum absolute atomic E-state index is 0.607. The Morgan fingerprint density at radius 3 is 1.81 bits per heavy atom. The molecule has 0 aromatic heterocycles. The van der Waals surface area contributed by atoms with Crippen molar-refractivity contribution in [2.45, 2.75) is 71.0 Å². The summed E-state index contributed by atoms with van der Waals surface area (Å²) >= 11 is 4.64. The summed E-state index contributed by atoms with van der Waals surface area (Å²) in [7, 11) is 0. The van der Waals surface area contributed by atoms with Gasteiger partial charge in [0.15, 0.2) is 0 Å². The van der Waals surface area contributed by atoms with Crippen LogP contribution in [0.5, 0.6) is 0 Å². The zero-order valence-corrected chi connectivity index (χ0v) is 12.4. The van der Waals surface area contributed by atoms with E-state index in [1.165, 1.54) is 64.6 Å². The Labute approximate surface area is 108 Å². The number of nitrogens with zero attached hydrogens (tertiary/aromatic N) is 1. The first-order chi connectivity index (χ1) is 7.74. The predicted octanol–water partition coefficient (Wildman–Crippen LogP) is 4.38. The quantitative estimate of drug-likeness (QED) is 0.529. The van der Waals surface area contributed by atoms with Crippen LogP contribution < -0.4 is 0 Å². The van der Waals surface area contributed by atoms with E-state index in [9.17, 15) is 0 Å². The highest BCUT2D eigenvalue weighted by Crippen LogP contribution is 2.11. The molecule has 0 spiro atoms. The Kier molecular flexibility index (Phi) is 12.0. The summed E-state index contributed by atoms with van der Waals surface area (Å²) in [5, 5.41) is 0.607. The van der Waals surface area contributed by atoms with Gasteiger partial charge < -0.3 is 4.90 Å². The Bertz CT molecular complexity index is 131. The van der Waals surface area contributed by atoms with E-state index in [-0.39, 0.29) is 0 Å². The lowest BCUT2D eigenvalue weighted by Gasteiger charge is -2.23. The van der Waals surface area contributed by atoms with Gasteiger partial charge in [-0.2, -0.15) is 12.6 Å². The number of hydrogen-bond donors (Lipinski definition) is 1. The molecule has 0 N–H and O–H groups in total. The van der Waals surface area contributed by atoms with E-state index in [0.717, 1.165) is 0 Å². The molecule has 0 aromatic rings. The molecule has 0 aromatic carbocycles. The largest absolute Gasteiger partial charge is 0.303 e. The van der Waals surface area contributed by atoms with E-state index < -0.39 is 0 Å². The van der Waals surface area contributed by atoms with Gasteiger partial charge >= 0.3 is 0 Å². The minimum Gasteiger partial charge on any atom is -0.303 e. The first-order valence-electron chi connectivity index (χ1n) is 7.14. The maximum absolute atomic E-state index is 4.64. The maximum Gasteiger partial charge on any atom is 0.00288 e. The topological polar surface area (TPSA) is 3.24 Å². The summed E-state index contributed by atoms with van der Waals surface area (Å²) in [5.74, 6) is 0. The predicted molar refractivity (Wildman–Crippen MR) is 78.6 cm³/mol. The fourth-order valence-corrected chi connectivity index (χ4v) is 2.28. The summed E-state index contributed by atoms with van der Waals surface area (Å²) in [6.45, 7) is 10.6. The van der Waals surface area contributed by atoms with Crippen molar-refractivity contribution in [1.82, 2.24) is 4.90 Å². The zero-order chi connectivity index (χ0) is 12.2. The Morgan fingerprint density at radius 2 is 1.38 bits per heavy atom. The summed E-state index contributed by atoms with van der Waals surface area (Å²) in [6, 6.07) is 0. The molecule has 2 heteroatoms. The molecule has 0 amide bonds. The van der Waals surface area contributed by atoms with E-state index in [2.05, 4.69) is 38.3 Å². The molecule has 0 fully saturated rings. The molecule has 0 bridgehead atoms. The molecule has 98 valence electrons. The molecule has 0 heterocycles. The molecule has 16 heavy (non-hydrogen) atoms. The van der Waals surface area contributed by atoms with Crippen LogP contribution in [0.4, 0.5) is 0 Å². The van der Waals surface area contributed by atoms with Crippen LogP contribution in [0.25, 0.3) is 0 Å². The fourth-order valence-electron chi connectivity index (χ4n) is 1.91. The highest BCUT2D eigenvalue weighted by atomic mass is 32.1. The highest BCUT2D eigenvalue weighted by molar-refractivity contribution is 7.80. The first kappa shape index (κ1) is 16.3. The molecule has 1 unspecified atom stereocenters. The molecule has 0 saturated heterocycles. The number of unbranched alkanes of at least 4 members (excludes halogenated alkanes) is 2. The van der Waals surface area contributed by atoms with Crippen LogP contribution in [0.15, 0.2) is 0 Å². The van der Waals surface area contributed by atoms with Crippen LogP contribution in [-0.2, 0) is 0 Å². The Hall–Kier alpha value is 0.310. The molecule has 0 aliphatic heterocycles. The molecule has 0 aliphatic rings. The highest BCUT2D eigenvalue weighted by Gasteiger charge is 2.07. The summed E-state index contributed by atoms with van der Waals surface area (Å²) in [6.07, 6.45) is 9.08. The molecule has 0 radical (unpaired) electrons. The molecule has 0 aliphatic carbocycles. The van der Waals surface area contributed by atoms with E-state index in [0.29, 0.717) is 5.25 Å². The summed E-state index contributed by atoms with van der Waals surface area (Å²) < 4.78 is 0. The average molecular weight is 245 g/mol. The van der Waals surface area contributed by atoms with E-state index in [1.54, 1.807) is 0 Å². The second kappa shape index (κ2) is 11.8. The van der Waals surface area contributed by atoms with Crippen molar-refractivity contribution in [2.24, 2.45) is 0 Å². The standard InChI is InChI=1S/C14H31NS/c1-4-7-11-15(12-8-5-2)13-10-14(16)9-6-3/h14,16H,4-13H2,1-3H3. The molecular formula is C14H31NS. The molecule has 1 nitrogen and oxygen atoms in total. The monoisotopic (exact) mass is 245 g/mol. The minimum atomic E-state index is 0.607. The summed E-state index contributed by atoms with van der Waals surface area (Å²) in [4.78, 5) is 2.63. The fraction of sp³-hybridized carbons (Fsp3) is 1.00. The van der Waals surface area contributed by atoms with Crippen molar-refractivity contribution in [3.63, 3.8) is 0 Å². The second-order valence-corrected chi connectivity index (χ2v) is 5.51. The van der Waals surface area contributed by atoms with Gasteiger partial charge in [-0.3, -0.25) is 0 Å². The third-order valence-corrected chi connectivity index (χ3v) is 3.57. The molecule has 0 rings (SSSR count). The van der Waals surface area contributed by atoms with Crippen LogP contribution in [0.2, 0.25) is 0 Å². The van der Waals surface area contributed by atoms with Crippen LogP contribution in [0.1, 0.15) is 65.7 Å². The van der Waals surface area contributed by atoms with Crippen molar-refractivity contribution >= 4 is 12.6 Å². The normalized spacial score (nSPS) is 13.3. The lowest BCUT2D eigenvalue weighted by Crippen LogP contribution is -2.28. The van der Waals surface area contributed by atoms with Crippen LogP contribution in [-0.4, -0.2) is 29.8 Å². The van der Waals surface area contributed by atoms with Crippen molar-refractivity contribution in [3.05, 3.63) is 0 Å². The van der Waals surface area contributed by atoms with Gasteiger partial charge in [0.25, 0.3) is 0 Å². The Balaban J connectivity index is 3.71. The lowest BCUT2D eigenvalue weighted by molar-refractivity contribution is 0.260. The van der Waals surface area contributed by atoms with Gasteiger partial charge in [0.2, 0.25) is 0 Å². The van der Waals surface area contributed by atoms with Crippen LogP contribution in [0, 0.1) is 0 Å². The third-order valence-electron chi connectivity index (χ3n) is 3.06. The van der Waals surface area contributed by atoms with Gasteiger partial charge in [0.05, 0.1) is 0 Å². The first-order valence-corrected chi connectivity index (χ1v) is 7.66. The van der Waals surface area contributed by atoms with E-state index >= 15 is 0 Å². The van der Waals surface area contributed by atoms with Crippen molar-refractivity contribution in [3.8, 4) is 0 Å². The van der Waals surface area contributed by atoms with Crippen LogP contribution in [0.3, 0.4) is 0 Å². The number of rotatable bonds is 11. The molecule has 0 saturated carbocycles. The van der Waals surface area contributed by atoms with Crippen molar-refractivity contribution < 1.29 is 0 Å². The van der Waals surface area contributed by atoms with E-state index in [4.69, 9.17) is 0 Å². The lowest BCUT2D eigenvalue weighted by atomic mass is 10.1. The van der Waals surface area contributed by atoms with Gasteiger partial charge in [0, 0.05) is 5.25 Å². The van der Waals surface area contributed by atoms with Crippen LogP contribution >= 0.6 is 12.6 Å². The van der Waals surface area contributed by atoms with Gasteiger partial charge in [-0.05, 0) is 45.3 Å². The smallest absolute Gasteiger partial charge is 0.00288 e.